The van der Waals surface area contributed by atoms with Gasteiger partial charge in [-0.2, -0.15) is 0 Å². The quantitative estimate of drug-likeness (QED) is 0.757. The Morgan fingerprint density at radius 2 is 2.00 bits per heavy atom. The van der Waals surface area contributed by atoms with Crippen LogP contribution >= 0.6 is 0 Å². The van der Waals surface area contributed by atoms with E-state index in [1.165, 1.54) is 6.92 Å². The first-order valence-corrected chi connectivity index (χ1v) is 5.41. The van der Waals surface area contributed by atoms with Crippen molar-refractivity contribution in [2.45, 2.75) is 51.7 Å². The van der Waals surface area contributed by atoms with Crippen molar-refractivity contribution in [1.82, 2.24) is 5.32 Å². The third-order valence-electron chi connectivity index (χ3n) is 3.03. The molecule has 0 aromatic carbocycles. The molecule has 0 heterocycles. The Morgan fingerprint density at radius 3 is 2.33 bits per heavy atom. The van der Waals surface area contributed by atoms with Crippen molar-refractivity contribution >= 4 is 11.7 Å². The van der Waals surface area contributed by atoms with E-state index < -0.39 is 17.6 Å². The molecule has 1 fully saturated rings. The Morgan fingerprint density at radius 1 is 1.47 bits per heavy atom. The van der Waals surface area contributed by atoms with Crippen LogP contribution in [-0.4, -0.2) is 23.4 Å². The molecule has 0 aromatic heterocycles. The molecule has 1 aliphatic rings. The number of hydrogen-bond donors (Lipinski definition) is 1. The number of hydrogen-bond acceptors (Lipinski definition) is 2. The van der Waals surface area contributed by atoms with Crippen LogP contribution in [0, 0.1) is 5.92 Å². The van der Waals surface area contributed by atoms with E-state index in [-0.39, 0.29) is 24.5 Å². The van der Waals surface area contributed by atoms with Crippen LogP contribution in [0.15, 0.2) is 0 Å². The molecule has 1 aliphatic carbocycles. The Labute approximate surface area is 89.4 Å². The number of amides is 1. The molecule has 0 bridgehead atoms. The maximum absolute atomic E-state index is 13.4. The van der Waals surface area contributed by atoms with Crippen molar-refractivity contribution in [3.05, 3.63) is 0 Å². The normalized spacial score (nSPS) is 21.6. The van der Waals surface area contributed by atoms with E-state index in [0.29, 0.717) is 0 Å². The number of carbonyl (C=O) groups is 2. The van der Waals surface area contributed by atoms with Gasteiger partial charge in [0.15, 0.2) is 11.5 Å². The van der Waals surface area contributed by atoms with Gasteiger partial charge in [-0.1, -0.05) is 20.3 Å². The smallest absolute Gasteiger partial charge is 0.258 e. The van der Waals surface area contributed by atoms with E-state index >= 15 is 0 Å². The van der Waals surface area contributed by atoms with Crippen LogP contribution in [0.3, 0.4) is 0 Å². The lowest BCUT2D eigenvalue weighted by Crippen LogP contribution is -2.47. The van der Waals surface area contributed by atoms with Gasteiger partial charge in [0.1, 0.15) is 0 Å². The summed E-state index contributed by atoms with van der Waals surface area (Å²) in [6.45, 7) is 5.24. The van der Waals surface area contributed by atoms with E-state index in [0.717, 1.165) is 6.42 Å². The second kappa shape index (κ2) is 4.29. The van der Waals surface area contributed by atoms with Crippen molar-refractivity contribution in [3.8, 4) is 0 Å². The number of rotatable bonds is 5. The zero-order valence-electron chi connectivity index (χ0n) is 9.47. The van der Waals surface area contributed by atoms with Crippen LogP contribution in [0.5, 0.6) is 0 Å². The summed E-state index contributed by atoms with van der Waals surface area (Å²) in [6.07, 6.45) is 1.34. The van der Waals surface area contributed by atoms with Gasteiger partial charge < -0.3 is 5.32 Å². The predicted octanol–water partition coefficient (Wildman–Crippen LogP) is 1.61. The van der Waals surface area contributed by atoms with Crippen LogP contribution in [0.1, 0.15) is 40.0 Å². The lowest BCUT2D eigenvalue weighted by molar-refractivity contribution is -0.132. The van der Waals surface area contributed by atoms with Gasteiger partial charge in [0.2, 0.25) is 0 Å². The molecule has 1 N–H and O–H groups in total. The highest BCUT2D eigenvalue weighted by Gasteiger charge is 2.51. The average Bonchev–Trinajstić information content (AvgIpc) is 2.92. The zero-order valence-corrected chi connectivity index (χ0v) is 9.47. The molecular formula is C11H18FNO2. The van der Waals surface area contributed by atoms with Crippen molar-refractivity contribution in [2.75, 3.05) is 0 Å². The Balaban J connectivity index is 2.58. The predicted molar refractivity (Wildman–Crippen MR) is 55.1 cm³/mol. The van der Waals surface area contributed by atoms with Gasteiger partial charge in [-0.25, -0.2) is 4.39 Å². The molecule has 3 nitrogen and oxygen atoms in total. The summed E-state index contributed by atoms with van der Waals surface area (Å²) in [5, 5.41) is 2.51. The van der Waals surface area contributed by atoms with E-state index in [9.17, 15) is 14.0 Å². The number of Topliss-reactive ketones (excluding diaryl/α,β-unsaturated/α-hetero) is 1. The molecule has 0 unspecified atom stereocenters. The second-order valence-electron chi connectivity index (χ2n) is 4.41. The lowest BCUT2D eigenvalue weighted by atomic mass is 9.96. The van der Waals surface area contributed by atoms with Crippen molar-refractivity contribution in [3.63, 3.8) is 0 Å². The molecule has 86 valence electrons. The zero-order chi connectivity index (χ0) is 11.6. The third kappa shape index (κ3) is 2.76. The Hall–Kier alpha value is -0.930. The van der Waals surface area contributed by atoms with Crippen molar-refractivity contribution in [2.24, 2.45) is 5.92 Å². The summed E-state index contributed by atoms with van der Waals surface area (Å²) in [5.74, 6) is -0.682. The first-order chi connectivity index (χ1) is 6.90. The number of ketones is 1. The van der Waals surface area contributed by atoms with Crippen LogP contribution in [-0.2, 0) is 9.59 Å². The fourth-order valence-electron chi connectivity index (χ4n) is 1.49. The monoisotopic (exact) mass is 215 g/mol. The fourth-order valence-corrected chi connectivity index (χ4v) is 1.49. The average molecular weight is 215 g/mol. The molecule has 0 spiro atoms. The molecule has 2 atom stereocenters. The summed E-state index contributed by atoms with van der Waals surface area (Å²) in [6, 6.07) is -0.546. The second-order valence-corrected chi connectivity index (χ2v) is 4.41. The van der Waals surface area contributed by atoms with Gasteiger partial charge in [0.05, 0.1) is 6.04 Å². The number of halogens is 1. The minimum atomic E-state index is -1.69. The molecule has 15 heavy (non-hydrogen) atoms. The molecule has 0 radical (unpaired) electrons. The Bertz CT molecular complexity index is 274. The van der Waals surface area contributed by atoms with Crippen molar-refractivity contribution in [1.29, 1.82) is 0 Å². The van der Waals surface area contributed by atoms with Crippen LogP contribution < -0.4 is 5.32 Å². The topological polar surface area (TPSA) is 46.2 Å². The van der Waals surface area contributed by atoms with Crippen LogP contribution in [0.2, 0.25) is 0 Å². The standard InChI is InChI=1S/C11H18FNO2/c1-4-7(2)9(8(3)14)13-10(15)11(12)5-6-11/h7,9H,4-6H2,1-3H3,(H,13,15)/t7-,9-/m0/s1. The maximum Gasteiger partial charge on any atom is 0.258 e. The molecule has 0 aliphatic heterocycles. The lowest BCUT2D eigenvalue weighted by Gasteiger charge is -2.22. The summed E-state index contributed by atoms with van der Waals surface area (Å²) in [4.78, 5) is 22.7. The summed E-state index contributed by atoms with van der Waals surface area (Å²) >= 11 is 0. The number of nitrogens with one attached hydrogen (secondary N) is 1. The van der Waals surface area contributed by atoms with Gasteiger partial charge in [-0.15, -0.1) is 0 Å². The number of carbonyl (C=O) groups excluding carboxylic acids is 2. The number of alkyl halides is 1. The van der Waals surface area contributed by atoms with Gasteiger partial charge in [-0.05, 0) is 25.7 Å². The van der Waals surface area contributed by atoms with E-state index in [1.54, 1.807) is 0 Å². The highest BCUT2D eigenvalue weighted by Crippen LogP contribution is 2.40. The minimum absolute atomic E-state index is 0.0498. The molecule has 1 amide bonds. The van der Waals surface area contributed by atoms with Crippen LogP contribution in [0.25, 0.3) is 0 Å². The SMILES string of the molecule is CC[C@H](C)[C@H](NC(=O)C1(F)CC1)C(C)=O. The van der Waals surface area contributed by atoms with E-state index in [1.807, 2.05) is 13.8 Å². The summed E-state index contributed by atoms with van der Waals surface area (Å²) in [5.41, 5.74) is -1.69. The van der Waals surface area contributed by atoms with Crippen LogP contribution in [0.4, 0.5) is 4.39 Å². The minimum Gasteiger partial charge on any atom is -0.343 e. The van der Waals surface area contributed by atoms with Gasteiger partial charge in [0, 0.05) is 0 Å². The maximum atomic E-state index is 13.4. The van der Waals surface area contributed by atoms with E-state index in [2.05, 4.69) is 5.32 Å². The summed E-state index contributed by atoms with van der Waals surface area (Å²) in [7, 11) is 0. The van der Waals surface area contributed by atoms with Gasteiger partial charge in [-0.3, -0.25) is 9.59 Å². The first kappa shape index (κ1) is 12.1. The molecule has 1 saturated carbocycles. The molecule has 1 rings (SSSR count). The largest absolute Gasteiger partial charge is 0.343 e. The highest BCUT2D eigenvalue weighted by molar-refractivity contribution is 5.93. The van der Waals surface area contributed by atoms with Gasteiger partial charge in [0.25, 0.3) is 5.91 Å². The fraction of sp³-hybridized carbons (Fsp3) is 0.818. The van der Waals surface area contributed by atoms with Gasteiger partial charge >= 0.3 is 0 Å². The van der Waals surface area contributed by atoms with E-state index in [4.69, 9.17) is 0 Å². The highest BCUT2D eigenvalue weighted by atomic mass is 19.1. The third-order valence-corrected chi connectivity index (χ3v) is 3.03. The molecule has 0 aromatic rings. The molecule has 4 heteroatoms. The molecular weight excluding hydrogens is 197 g/mol. The summed E-state index contributed by atoms with van der Waals surface area (Å²) < 4.78 is 13.4. The Kier molecular flexibility index (Phi) is 3.47. The van der Waals surface area contributed by atoms with Crippen molar-refractivity contribution < 1.29 is 14.0 Å². The molecule has 0 saturated heterocycles. The first-order valence-electron chi connectivity index (χ1n) is 5.41.